The maximum absolute atomic E-state index is 11.1. The molecule has 0 saturated carbocycles. The molecule has 0 radical (unpaired) electrons. The minimum atomic E-state index is -3.53. The van der Waals surface area contributed by atoms with Crippen molar-refractivity contribution in [2.45, 2.75) is 6.92 Å². The average molecular weight is 430 g/mol. The van der Waals surface area contributed by atoms with Crippen molar-refractivity contribution in [1.29, 1.82) is 0 Å². The highest BCUT2D eigenvalue weighted by Gasteiger charge is 2.12. The molecule has 0 aromatic heterocycles. The quantitative estimate of drug-likeness (QED) is 0.549. The van der Waals surface area contributed by atoms with Crippen LogP contribution in [0.4, 0.5) is 5.69 Å². The third kappa shape index (κ3) is 9.26. The lowest BCUT2D eigenvalue weighted by molar-refractivity contribution is 0.309. The van der Waals surface area contributed by atoms with E-state index < -0.39 is 20.2 Å². The number of hydrogen-bond acceptors (Lipinski definition) is 7. The summed E-state index contributed by atoms with van der Waals surface area (Å²) in [7, 11) is -7.05. The average Bonchev–Trinajstić information content (AvgIpc) is 2.32. The minimum absolute atomic E-state index is 0.0384. The molecule has 0 amide bonds. The third-order valence-electron chi connectivity index (χ3n) is 2.71. The summed E-state index contributed by atoms with van der Waals surface area (Å²) in [5.74, 6) is 0. The third-order valence-corrected chi connectivity index (χ3v) is 4.36. The molecule has 0 spiro atoms. The van der Waals surface area contributed by atoms with E-state index >= 15 is 0 Å². The SMILES string of the molecule is Cc1cc(Br)cc(N(CCOS(C)(=O)=O)CCOS(C)(=O)=O)c1. The largest absolute Gasteiger partial charge is 0.367 e. The Bertz CT molecular complexity index is 675. The van der Waals surface area contributed by atoms with Crippen molar-refractivity contribution in [3.63, 3.8) is 0 Å². The molecule has 0 heterocycles. The minimum Gasteiger partial charge on any atom is -0.367 e. The lowest BCUT2D eigenvalue weighted by atomic mass is 10.2. The number of benzene rings is 1. The van der Waals surface area contributed by atoms with Gasteiger partial charge in [-0.05, 0) is 30.7 Å². The summed E-state index contributed by atoms with van der Waals surface area (Å²) >= 11 is 3.40. The van der Waals surface area contributed by atoms with E-state index in [1.807, 2.05) is 25.1 Å². The van der Waals surface area contributed by atoms with Crippen LogP contribution in [-0.2, 0) is 28.6 Å². The Kier molecular flexibility index (Phi) is 7.46. The van der Waals surface area contributed by atoms with Crippen LogP contribution in [0.2, 0.25) is 0 Å². The van der Waals surface area contributed by atoms with Gasteiger partial charge in [0.05, 0.1) is 25.7 Å². The molecule has 132 valence electrons. The van der Waals surface area contributed by atoms with Crippen molar-refractivity contribution < 1.29 is 25.2 Å². The first-order valence-corrected chi connectivity index (χ1v) is 11.1. The Morgan fingerprint density at radius 3 is 1.83 bits per heavy atom. The molecule has 1 rings (SSSR count). The molecule has 1 aromatic rings. The highest BCUT2D eigenvalue weighted by atomic mass is 79.9. The monoisotopic (exact) mass is 429 g/mol. The first-order valence-electron chi connectivity index (χ1n) is 6.67. The normalized spacial score (nSPS) is 12.3. The zero-order valence-corrected chi connectivity index (χ0v) is 16.4. The molecule has 7 nitrogen and oxygen atoms in total. The zero-order chi connectivity index (χ0) is 17.7. The lowest BCUT2D eigenvalue weighted by Gasteiger charge is -2.25. The van der Waals surface area contributed by atoms with Crippen molar-refractivity contribution in [2.75, 3.05) is 43.7 Å². The van der Waals surface area contributed by atoms with Gasteiger partial charge in [0, 0.05) is 23.2 Å². The van der Waals surface area contributed by atoms with E-state index in [2.05, 4.69) is 15.9 Å². The van der Waals surface area contributed by atoms with Gasteiger partial charge in [0.2, 0.25) is 0 Å². The Balaban J connectivity index is 2.82. The first kappa shape index (κ1) is 20.4. The second kappa shape index (κ2) is 8.43. The highest BCUT2D eigenvalue weighted by molar-refractivity contribution is 9.10. The van der Waals surface area contributed by atoms with E-state index in [1.165, 1.54) is 0 Å². The molecule has 0 N–H and O–H groups in total. The van der Waals surface area contributed by atoms with Crippen LogP contribution < -0.4 is 4.90 Å². The summed E-state index contributed by atoms with van der Waals surface area (Å²) in [5.41, 5.74) is 1.82. The van der Waals surface area contributed by atoms with Crippen LogP contribution in [0.15, 0.2) is 22.7 Å². The number of halogens is 1. The van der Waals surface area contributed by atoms with Crippen molar-refractivity contribution in [3.8, 4) is 0 Å². The van der Waals surface area contributed by atoms with E-state index in [9.17, 15) is 16.8 Å². The predicted octanol–water partition coefficient (Wildman–Crippen LogP) is 1.52. The topological polar surface area (TPSA) is 90.0 Å². The summed E-state index contributed by atoms with van der Waals surface area (Å²) in [4.78, 5) is 1.80. The van der Waals surface area contributed by atoms with Gasteiger partial charge < -0.3 is 4.90 Å². The second-order valence-electron chi connectivity index (χ2n) is 5.03. The van der Waals surface area contributed by atoms with Gasteiger partial charge in [0.1, 0.15) is 0 Å². The van der Waals surface area contributed by atoms with Crippen LogP contribution in [0.3, 0.4) is 0 Å². The fourth-order valence-corrected chi connectivity index (χ4v) is 3.22. The fourth-order valence-electron chi connectivity index (χ4n) is 1.87. The molecule has 0 aliphatic rings. The van der Waals surface area contributed by atoms with Crippen molar-refractivity contribution in [1.82, 2.24) is 0 Å². The lowest BCUT2D eigenvalue weighted by Crippen LogP contribution is -2.32. The van der Waals surface area contributed by atoms with Gasteiger partial charge in [0.15, 0.2) is 0 Å². The summed E-state index contributed by atoms with van der Waals surface area (Å²) in [6.45, 7) is 2.39. The second-order valence-corrected chi connectivity index (χ2v) is 9.23. The number of aryl methyl sites for hydroxylation is 1. The highest BCUT2D eigenvalue weighted by Crippen LogP contribution is 2.22. The molecule has 0 atom stereocenters. The van der Waals surface area contributed by atoms with E-state index in [1.54, 1.807) is 4.90 Å². The van der Waals surface area contributed by atoms with E-state index in [-0.39, 0.29) is 26.3 Å². The molecular weight excluding hydrogens is 410 g/mol. The van der Waals surface area contributed by atoms with Gasteiger partial charge >= 0.3 is 0 Å². The number of rotatable bonds is 9. The molecule has 0 aliphatic carbocycles. The van der Waals surface area contributed by atoms with Crippen LogP contribution in [-0.4, -0.2) is 55.7 Å². The van der Waals surface area contributed by atoms with Crippen molar-refractivity contribution in [2.24, 2.45) is 0 Å². The van der Waals surface area contributed by atoms with Crippen molar-refractivity contribution in [3.05, 3.63) is 28.2 Å². The fraction of sp³-hybridized carbons (Fsp3) is 0.538. The number of hydrogen-bond donors (Lipinski definition) is 0. The molecule has 23 heavy (non-hydrogen) atoms. The Hall–Kier alpha value is -0.680. The maximum atomic E-state index is 11.1. The smallest absolute Gasteiger partial charge is 0.264 e. The molecule has 0 bridgehead atoms. The summed E-state index contributed by atoms with van der Waals surface area (Å²) in [6.07, 6.45) is 1.96. The van der Waals surface area contributed by atoms with Gasteiger partial charge in [-0.25, -0.2) is 0 Å². The van der Waals surface area contributed by atoms with Crippen molar-refractivity contribution >= 4 is 41.9 Å². The van der Waals surface area contributed by atoms with Gasteiger partial charge in [-0.3, -0.25) is 8.37 Å². The van der Waals surface area contributed by atoms with Crippen LogP contribution in [0.5, 0.6) is 0 Å². The molecule has 0 saturated heterocycles. The zero-order valence-electron chi connectivity index (χ0n) is 13.2. The number of nitrogens with zero attached hydrogens (tertiary/aromatic N) is 1. The predicted molar refractivity (Wildman–Crippen MR) is 92.7 cm³/mol. The summed E-state index contributed by atoms with van der Waals surface area (Å²) in [6, 6.07) is 5.70. The van der Waals surface area contributed by atoms with Crippen LogP contribution in [0.1, 0.15) is 5.56 Å². The summed E-state index contributed by atoms with van der Waals surface area (Å²) in [5, 5.41) is 0. The maximum Gasteiger partial charge on any atom is 0.264 e. The van der Waals surface area contributed by atoms with Gasteiger partial charge in [0.25, 0.3) is 20.2 Å². The van der Waals surface area contributed by atoms with Crippen LogP contribution in [0, 0.1) is 6.92 Å². The molecule has 1 aromatic carbocycles. The van der Waals surface area contributed by atoms with E-state index in [0.29, 0.717) is 0 Å². The van der Waals surface area contributed by atoms with Crippen LogP contribution in [0.25, 0.3) is 0 Å². The molecule has 0 fully saturated rings. The Morgan fingerprint density at radius 2 is 1.43 bits per heavy atom. The molecule has 10 heteroatoms. The molecule has 0 aliphatic heterocycles. The first-order chi connectivity index (χ1) is 10.5. The Labute approximate surface area is 146 Å². The van der Waals surface area contributed by atoms with Gasteiger partial charge in [-0.1, -0.05) is 15.9 Å². The van der Waals surface area contributed by atoms with Gasteiger partial charge in [-0.2, -0.15) is 16.8 Å². The van der Waals surface area contributed by atoms with Gasteiger partial charge in [-0.15, -0.1) is 0 Å². The number of anilines is 1. The van der Waals surface area contributed by atoms with E-state index in [4.69, 9.17) is 8.37 Å². The van der Waals surface area contributed by atoms with E-state index in [0.717, 1.165) is 28.2 Å². The Morgan fingerprint density at radius 1 is 0.957 bits per heavy atom. The summed E-state index contributed by atoms with van der Waals surface area (Å²) < 4.78 is 54.6. The molecular formula is C13H20BrNO6S2. The standard InChI is InChI=1S/C13H20BrNO6S2/c1-11-8-12(14)10-13(9-11)15(4-6-20-22(2,16)17)5-7-21-23(3,18)19/h8-10H,4-7H2,1-3H3. The van der Waals surface area contributed by atoms with Crippen LogP contribution >= 0.6 is 15.9 Å². The molecule has 0 unspecified atom stereocenters.